The fraction of sp³-hybridized carbons (Fsp3) is 0.400. The third-order valence-electron chi connectivity index (χ3n) is 3.37. The number of aromatic hydroxyl groups is 1. The number of nitrogens with zero attached hydrogens (tertiary/aromatic N) is 4. The Morgan fingerprint density at radius 1 is 1.50 bits per heavy atom. The first-order valence-electron chi connectivity index (χ1n) is 7.97. The summed E-state index contributed by atoms with van der Waals surface area (Å²) in [5, 5.41) is 17.0. The first-order chi connectivity index (χ1) is 13.0. The molecular weight excluding hydrogens is 401 g/mol. The minimum atomic E-state index is -4.61. The molecule has 0 fully saturated rings. The number of aromatic nitrogens is 4. The van der Waals surface area contributed by atoms with Gasteiger partial charge in [0.15, 0.2) is 10.5 Å². The van der Waals surface area contributed by atoms with Gasteiger partial charge in [0.05, 0.1) is 6.21 Å². The van der Waals surface area contributed by atoms with Crippen molar-refractivity contribution in [3.63, 3.8) is 0 Å². The summed E-state index contributed by atoms with van der Waals surface area (Å²) in [5.74, 6) is -1.06. The van der Waals surface area contributed by atoms with Crippen LogP contribution < -0.4 is 11.0 Å². The van der Waals surface area contributed by atoms with Gasteiger partial charge in [0.25, 0.3) is 11.5 Å². The smallest absolute Gasteiger partial charge is 0.435 e. The molecule has 1 amide bonds. The monoisotopic (exact) mass is 418 g/mol. The van der Waals surface area contributed by atoms with Crippen molar-refractivity contribution in [2.45, 2.75) is 33.1 Å². The second-order valence-electron chi connectivity index (χ2n) is 6.19. The summed E-state index contributed by atoms with van der Waals surface area (Å²) in [6.07, 6.45) is -2.69. The summed E-state index contributed by atoms with van der Waals surface area (Å²) >= 11 is 5.00. The molecule has 0 aliphatic carbocycles. The minimum Gasteiger partial charge on any atom is -0.494 e. The number of H-pyrrole nitrogens is 1. The topological polar surface area (TPSA) is 117 Å². The van der Waals surface area contributed by atoms with Crippen LogP contribution in [0.15, 0.2) is 22.2 Å². The molecule has 9 nitrogen and oxygen atoms in total. The molecule has 2 aromatic rings. The molecule has 0 saturated heterocycles. The lowest BCUT2D eigenvalue weighted by Gasteiger charge is -2.12. The molecule has 0 atom stereocenters. The van der Waals surface area contributed by atoms with Crippen molar-refractivity contribution in [3.05, 3.63) is 38.6 Å². The van der Waals surface area contributed by atoms with Gasteiger partial charge in [0, 0.05) is 12.7 Å². The zero-order valence-electron chi connectivity index (χ0n) is 14.8. The van der Waals surface area contributed by atoms with Crippen molar-refractivity contribution in [2.24, 2.45) is 11.0 Å². The van der Waals surface area contributed by atoms with E-state index >= 15 is 0 Å². The maximum Gasteiger partial charge on any atom is 0.435 e. The van der Waals surface area contributed by atoms with Crippen LogP contribution in [-0.2, 0) is 24.1 Å². The van der Waals surface area contributed by atoms with E-state index in [1.54, 1.807) is 0 Å². The minimum absolute atomic E-state index is 0.0385. The Hall–Kier alpha value is -2.96. The highest BCUT2D eigenvalue weighted by atomic mass is 32.1. The van der Waals surface area contributed by atoms with Crippen LogP contribution in [0.1, 0.15) is 25.1 Å². The number of alkyl halides is 3. The molecule has 13 heteroatoms. The number of amides is 1. The molecule has 0 unspecified atom stereocenters. The standard InChI is InChI=1S/C15H17F3N6O3S/c1-8(2)6-24-13(27)9(12(26)20-14(24)28)5-19-21-11(25)7-23-4-3-10(22-23)15(16,17)18/h3-5,8,27H,6-7H2,1-2H3,(H,21,25)(H,20,26,28)/b19-5+. The second kappa shape index (κ2) is 8.37. The van der Waals surface area contributed by atoms with Crippen molar-refractivity contribution in [1.82, 2.24) is 24.8 Å². The first-order valence-corrected chi connectivity index (χ1v) is 8.38. The Balaban J connectivity index is 2.10. The number of hydrazone groups is 1. The lowest BCUT2D eigenvalue weighted by atomic mass is 10.2. The van der Waals surface area contributed by atoms with Gasteiger partial charge in [-0.1, -0.05) is 13.8 Å². The van der Waals surface area contributed by atoms with Gasteiger partial charge in [-0.3, -0.25) is 23.8 Å². The van der Waals surface area contributed by atoms with Crippen LogP contribution in [0.2, 0.25) is 0 Å². The third kappa shape index (κ3) is 5.28. The Morgan fingerprint density at radius 2 is 2.18 bits per heavy atom. The number of carbonyl (C=O) groups is 1. The van der Waals surface area contributed by atoms with Gasteiger partial charge in [0.2, 0.25) is 5.88 Å². The van der Waals surface area contributed by atoms with E-state index in [1.165, 1.54) is 4.57 Å². The van der Waals surface area contributed by atoms with Crippen molar-refractivity contribution < 1.29 is 23.1 Å². The fourth-order valence-electron chi connectivity index (χ4n) is 2.18. The lowest BCUT2D eigenvalue weighted by molar-refractivity contribution is -0.141. The summed E-state index contributed by atoms with van der Waals surface area (Å²) < 4.78 is 39.6. The number of halogens is 3. The quantitative estimate of drug-likeness (QED) is 0.375. The molecule has 2 rings (SSSR count). The van der Waals surface area contributed by atoms with E-state index in [-0.39, 0.29) is 16.3 Å². The molecular formula is C15H17F3N6O3S. The fourth-order valence-corrected chi connectivity index (χ4v) is 2.43. The molecule has 0 spiro atoms. The highest BCUT2D eigenvalue weighted by Crippen LogP contribution is 2.27. The summed E-state index contributed by atoms with van der Waals surface area (Å²) in [4.78, 5) is 26.1. The van der Waals surface area contributed by atoms with Crippen molar-refractivity contribution in [1.29, 1.82) is 0 Å². The molecule has 0 aliphatic heterocycles. The zero-order valence-corrected chi connectivity index (χ0v) is 15.6. The largest absolute Gasteiger partial charge is 0.494 e. The van der Waals surface area contributed by atoms with Crippen LogP contribution in [0.4, 0.5) is 13.2 Å². The van der Waals surface area contributed by atoms with Crippen LogP contribution in [0.5, 0.6) is 5.88 Å². The normalized spacial score (nSPS) is 12.1. The molecule has 0 aromatic carbocycles. The number of hydrogen-bond donors (Lipinski definition) is 3. The highest BCUT2D eigenvalue weighted by molar-refractivity contribution is 7.71. The van der Waals surface area contributed by atoms with Crippen LogP contribution in [0.3, 0.4) is 0 Å². The molecule has 28 heavy (non-hydrogen) atoms. The SMILES string of the molecule is CC(C)Cn1c(O)c(/C=N/NC(=O)Cn2ccc(C(F)(F)F)n2)c(=O)[nH]c1=S. The van der Waals surface area contributed by atoms with E-state index in [1.807, 2.05) is 19.3 Å². The number of hydrogen-bond acceptors (Lipinski definition) is 6. The molecule has 2 aromatic heterocycles. The van der Waals surface area contributed by atoms with E-state index in [0.29, 0.717) is 6.54 Å². The van der Waals surface area contributed by atoms with E-state index in [9.17, 15) is 27.9 Å². The molecule has 3 N–H and O–H groups in total. The molecule has 0 aliphatic rings. The van der Waals surface area contributed by atoms with Gasteiger partial charge in [-0.2, -0.15) is 23.4 Å². The van der Waals surface area contributed by atoms with Crippen LogP contribution in [0.25, 0.3) is 0 Å². The molecule has 0 saturated carbocycles. The number of nitrogens with one attached hydrogen (secondary N) is 2. The maximum atomic E-state index is 12.5. The summed E-state index contributed by atoms with van der Waals surface area (Å²) in [6, 6.07) is 0.734. The predicted octanol–water partition coefficient (Wildman–Crippen LogP) is 1.63. The van der Waals surface area contributed by atoms with E-state index in [0.717, 1.165) is 23.2 Å². The van der Waals surface area contributed by atoms with Gasteiger partial charge in [0.1, 0.15) is 12.1 Å². The van der Waals surface area contributed by atoms with E-state index in [2.05, 4.69) is 15.2 Å². The molecule has 0 bridgehead atoms. The number of carbonyl (C=O) groups excluding carboxylic acids is 1. The molecule has 0 radical (unpaired) electrons. The summed E-state index contributed by atoms with van der Waals surface area (Å²) in [6.45, 7) is 3.60. The summed E-state index contributed by atoms with van der Waals surface area (Å²) in [7, 11) is 0. The van der Waals surface area contributed by atoms with Crippen LogP contribution in [0, 0.1) is 10.7 Å². The van der Waals surface area contributed by atoms with E-state index in [4.69, 9.17) is 12.2 Å². The van der Waals surface area contributed by atoms with Gasteiger partial charge < -0.3 is 5.11 Å². The van der Waals surface area contributed by atoms with Crippen LogP contribution >= 0.6 is 12.2 Å². The molecule has 152 valence electrons. The number of aromatic amines is 1. The van der Waals surface area contributed by atoms with E-state index < -0.39 is 35.8 Å². The predicted molar refractivity (Wildman–Crippen MR) is 95.4 cm³/mol. The van der Waals surface area contributed by atoms with Crippen molar-refractivity contribution in [3.8, 4) is 5.88 Å². The molecule has 2 heterocycles. The van der Waals surface area contributed by atoms with Gasteiger partial charge in [-0.05, 0) is 24.2 Å². The van der Waals surface area contributed by atoms with Gasteiger partial charge in [-0.15, -0.1) is 0 Å². The lowest BCUT2D eigenvalue weighted by Crippen LogP contribution is -2.25. The highest BCUT2D eigenvalue weighted by Gasteiger charge is 2.33. The Bertz CT molecular complexity index is 1010. The maximum absolute atomic E-state index is 12.5. The van der Waals surface area contributed by atoms with Crippen LogP contribution in [-0.4, -0.2) is 36.6 Å². The first kappa shape index (κ1) is 21.3. The summed E-state index contributed by atoms with van der Waals surface area (Å²) in [5.41, 5.74) is -0.0146. The Morgan fingerprint density at radius 3 is 2.75 bits per heavy atom. The Kier molecular flexibility index (Phi) is 6.38. The van der Waals surface area contributed by atoms with Crippen molar-refractivity contribution >= 4 is 24.3 Å². The average molecular weight is 418 g/mol. The Labute approximate surface area is 161 Å². The van der Waals surface area contributed by atoms with Crippen molar-refractivity contribution in [2.75, 3.05) is 0 Å². The average Bonchev–Trinajstić information content (AvgIpc) is 3.03. The van der Waals surface area contributed by atoms with Gasteiger partial charge in [-0.25, -0.2) is 5.43 Å². The zero-order chi connectivity index (χ0) is 21.1. The van der Waals surface area contributed by atoms with Gasteiger partial charge >= 0.3 is 6.18 Å². The second-order valence-corrected chi connectivity index (χ2v) is 6.58. The third-order valence-corrected chi connectivity index (χ3v) is 3.70. The number of rotatable bonds is 6.